The molecule has 0 saturated heterocycles. The second-order valence-electron chi connectivity index (χ2n) is 4.58. The molecule has 3 aromatic rings. The maximum atomic E-state index is 13.0. The third-order valence-corrected chi connectivity index (χ3v) is 3.29. The van der Waals surface area contributed by atoms with E-state index < -0.39 is 0 Å². The van der Waals surface area contributed by atoms with Crippen LogP contribution in [0.1, 0.15) is 17.3 Å². The highest BCUT2D eigenvalue weighted by atomic mass is 19.1. The molecule has 0 bridgehead atoms. The van der Waals surface area contributed by atoms with Gasteiger partial charge in [-0.05, 0) is 29.8 Å². The number of nitrogens with zero attached hydrogens (tertiary/aromatic N) is 1. The summed E-state index contributed by atoms with van der Waals surface area (Å²) >= 11 is 0. The minimum absolute atomic E-state index is 0.264. The van der Waals surface area contributed by atoms with Crippen molar-refractivity contribution in [3.8, 4) is 0 Å². The Morgan fingerprint density at radius 3 is 2.45 bits per heavy atom. The van der Waals surface area contributed by atoms with Gasteiger partial charge < -0.3 is 0 Å². The molecule has 3 rings (SSSR count). The molecule has 1 unspecified atom stereocenters. The Kier molecular flexibility index (Phi) is 3.41. The molecular weight excluding hydrogens is 253 g/mol. The Balaban J connectivity index is 2.04. The molecule has 0 aliphatic carbocycles. The number of rotatable bonds is 3. The lowest BCUT2D eigenvalue weighted by molar-refractivity contribution is 0.609. The van der Waals surface area contributed by atoms with Gasteiger partial charge in [0.25, 0.3) is 0 Å². The Morgan fingerprint density at radius 2 is 1.70 bits per heavy atom. The van der Waals surface area contributed by atoms with Crippen molar-refractivity contribution in [2.24, 2.45) is 5.84 Å². The largest absolute Gasteiger partial charge is 0.271 e. The minimum Gasteiger partial charge on any atom is -0.271 e. The number of hydrogen-bond acceptors (Lipinski definition) is 3. The quantitative estimate of drug-likeness (QED) is 0.566. The molecule has 1 heterocycles. The van der Waals surface area contributed by atoms with Crippen LogP contribution in [0.4, 0.5) is 4.39 Å². The maximum Gasteiger partial charge on any atom is 0.123 e. The summed E-state index contributed by atoms with van der Waals surface area (Å²) in [6, 6.07) is 17.8. The molecule has 0 aliphatic heterocycles. The predicted octanol–water partition coefficient (Wildman–Crippen LogP) is 2.93. The lowest BCUT2D eigenvalue weighted by Crippen LogP contribution is -2.29. The molecule has 0 aliphatic rings. The van der Waals surface area contributed by atoms with Gasteiger partial charge in [0.05, 0.1) is 17.3 Å². The Labute approximate surface area is 116 Å². The number of halogens is 1. The number of fused-ring (bicyclic) bond motifs is 1. The fraction of sp³-hybridized carbons (Fsp3) is 0.0625. The van der Waals surface area contributed by atoms with Crippen molar-refractivity contribution in [1.29, 1.82) is 0 Å². The number of para-hydroxylation sites is 1. The van der Waals surface area contributed by atoms with Gasteiger partial charge in [0.15, 0.2) is 0 Å². The van der Waals surface area contributed by atoms with Gasteiger partial charge in [-0.25, -0.2) is 9.82 Å². The van der Waals surface area contributed by atoms with Crippen LogP contribution in [0.2, 0.25) is 0 Å². The lowest BCUT2D eigenvalue weighted by Gasteiger charge is -2.16. The van der Waals surface area contributed by atoms with Gasteiger partial charge in [-0.3, -0.25) is 10.8 Å². The van der Waals surface area contributed by atoms with Crippen LogP contribution in [0.25, 0.3) is 10.9 Å². The monoisotopic (exact) mass is 267 g/mol. The zero-order valence-corrected chi connectivity index (χ0v) is 10.8. The van der Waals surface area contributed by atoms with E-state index in [1.54, 1.807) is 12.1 Å². The van der Waals surface area contributed by atoms with Gasteiger partial charge >= 0.3 is 0 Å². The minimum atomic E-state index is -0.268. The highest BCUT2D eigenvalue weighted by molar-refractivity contribution is 5.78. The van der Waals surface area contributed by atoms with Crippen LogP contribution >= 0.6 is 0 Å². The summed E-state index contributed by atoms with van der Waals surface area (Å²) in [5.74, 6) is 5.37. The Morgan fingerprint density at radius 1 is 0.950 bits per heavy atom. The van der Waals surface area contributed by atoms with E-state index in [0.29, 0.717) is 0 Å². The van der Waals surface area contributed by atoms with Crippen LogP contribution in [0, 0.1) is 5.82 Å². The molecule has 1 atom stereocenters. The predicted molar refractivity (Wildman–Crippen MR) is 77.3 cm³/mol. The van der Waals surface area contributed by atoms with Crippen LogP contribution in [0.5, 0.6) is 0 Å². The van der Waals surface area contributed by atoms with E-state index in [0.717, 1.165) is 22.2 Å². The highest BCUT2D eigenvalue weighted by Gasteiger charge is 2.14. The van der Waals surface area contributed by atoms with Gasteiger partial charge in [-0.2, -0.15) is 0 Å². The summed E-state index contributed by atoms with van der Waals surface area (Å²) in [5, 5.41) is 1.08. The molecule has 100 valence electrons. The van der Waals surface area contributed by atoms with Crippen LogP contribution < -0.4 is 11.3 Å². The first-order valence-electron chi connectivity index (χ1n) is 6.35. The average Bonchev–Trinajstić information content (AvgIpc) is 2.50. The van der Waals surface area contributed by atoms with Crippen LogP contribution in [-0.4, -0.2) is 4.98 Å². The van der Waals surface area contributed by atoms with Crippen molar-refractivity contribution < 1.29 is 4.39 Å². The summed E-state index contributed by atoms with van der Waals surface area (Å²) in [7, 11) is 0. The van der Waals surface area contributed by atoms with Gasteiger partial charge in [0.1, 0.15) is 5.82 Å². The van der Waals surface area contributed by atoms with E-state index >= 15 is 0 Å². The molecule has 0 radical (unpaired) electrons. The molecular formula is C16H14FN3. The van der Waals surface area contributed by atoms with Crippen molar-refractivity contribution >= 4 is 10.9 Å². The zero-order chi connectivity index (χ0) is 13.9. The first kappa shape index (κ1) is 12.7. The maximum absolute atomic E-state index is 13.0. The normalized spacial score (nSPS) is 12.5. The number of hydrogen-bond donors (Lipinski definition) is 2. The zero-order valence-electron chi connectivity index (χ0n) is 10.8. The molecule has 0 fully saturated rings. The average molecular weight is 267 g/mol. The van der Waals surface area contributed by atoms with Crippen LogP contribution in [-0.2, 0) is 0 Å². The third-order valence-electron chi connectivity index (χ3n) is 3.29. The van der Waals surface area contributed by atoms with Gasteiger partial charge in [0, 0.05) is 5.39 Å². The number of pyridine rings is 1. The van der Waals surface area contributed by atoms with Crippen LogP contribution in [0.3, 0.4) is 0 Å². The van der Waals surface area contributed by atoms with E-state index in [2.05, 4.69) is 10.4 Å². The van der Waals surface area contributed by atoms with Crippen molar-refractivity contribution in [1.82, 2.24) is 10.4 Å². The summed E-state index contributed by atoms with van der Waals surface area (Å²) in [6.07, 6.45) is 0. The number of benzene rings is 2. The van der Waals surface area contributed by atoms with Crippen LogP contribution in [0.15, 0.2) is 60.7 Å². The second-order valence-corrected chi connectivity index (χ2v) is 4.58. The van der Waals surface area contributed by atoms with E-state index in [9.17, 15) is 4.39 Å². The SMILES string of the molecule is NNC(c1ccc(F)cc1)c1ccc2ccccc2n1. The van der Waals surface area contributed by atoms with E-state index in [1.165, 1.54) is 12.1 Å². The van der Waals surface area contributed by atoms with Crippen molar-refractivity contribution in [2.45, 2.75) is 6.04 Å². The van der Waals surface area contributed by atoms with Crippen molar-refractivity contribution in [3.05, 3.63) is 77.7 Å². The number of aromatic nitrogens is 1. The summed E-state index contributed by atoms with van der Waals surface area (Å²) < 4.78 is 13.0. The fourth-order valence-electron chi connectivity index (χ4n) is 2.25. The molecule has 3 nitrogen and oxygen atoms in total. The number of nitrogens with one attached hydrogen (secondary N) is 1. The first-order chi connectivity index (χ1) is 9.78. The van der Waals surface area contributed by atoms with Gasteiger partial charge in [0.2, 0.25) is 0 Å². The summed E-state index contributed by atoms with van der Waals surface area (Å²) in [5.41, 5.74) is 5.32. The molecule has 0 saturated carbocycles. The molecule has 3 N–H and O–H groups in total. The Hall–Kier alpha value is -2.30. The fourth-order valence-corrected chi connectivity index (χ4v) is 2.25. The lowest BCUT2D eigenvalue weighted by atomic mass is 10.0. The van der Waals surface area contributed by atoms with E-state index in [4.69, 9.17) is 5.84 Å². The van der Waals surface area contributed by atoms with E-state index in [1.807, 2.05) is 36.4 Å². The second kappa shape index (κ2) is 5.36. The molecule has 1 aromatic heterocycles. The molecule has 20 heavy (non-hydrogen) atoms. The van der Waals surface area contributed by atoms with E-state index in [-0.39, 0.29) is 11.9 Å². The third kappa shape index (κ3) is 2.39. The highest BCUT2D eigenvalue weighted by Crippen LogP contribution is 2.22. The van der Waals surface area contributed by atoms with Gasteiger partial charge in [-0.15, -0.1) is 0 Å². The Bertz CT molecular complexity index is 725. The number of hydrazine groups is 1. The number of nitrogens with two attached hydrogens (primary N) is 1. The summed E-state index contributed by atoms with van der Waals surface area (Å²) in [4.78, 5) is 4.61. The smallest absolute Gasteiger partial charge is 0.123 e. The molecule has 2 aromatic carbocycles. The topological polar surface area (TPSA) is 50.9 Å². The summed E-state index contributed by atoms with van der Waals surface area (Å²) in [6.45, 7) is 0. The first-order valence-corrected chi connectivity index (χ1v) is 6.35. The molecule has 0 spiro atoms. The van der Waals surface area contributed by atoms with Crippen molar-refractivity contribution in [3.63, 3.8) is 0 Å². The molecule has 0 amide bonds. The van der Waals surface area contributed by atoms with Crippen molar-refractivity contribution in [2.75, 3.05) is 0 Å². The molecule has 4 heteroatoms. The van der Waals surface area contributed by atoms with Gasteiger partial charge in [-0.1, -0.05) is 36.4 Å². The standard InChI is InChI=1S/C16H14FN3/c17-13-8-5-12(6-9-13)16(20-18)15-10-7-11-3-1-2-4-14(11)19-15/h1-10,16,20H,18H2.